The first kappa shape index (κ1) is 18.0. The normalized spacial score (nSPS) is 51.6. The van der Waals surface area contributed by atoms with Gasteiger partial charge >= 0.3 is 0 Å². The molecule has 0 amide bonds. The standard InChI is InChI=1S/C22H36O3/c1-14-12-15-16-6-7-19(23)21(16,3)9-8-17(15)20(2)10-11-22(24-4,25-5)13-18(14)20/h14-18H,6-13H2,1-5H3/t14-,15-,16-,17-,18+,20+,21-/m0/s1. The van der Waals surface area contributed by atoms with Crippen LogP contribution in [0.3, 0.4) is 0 Å². The Hall–Kier alpha value is -0.410. The van der Waals surface area contributed by atoms with E-state index in [4.69, 9.17) is 9.47 Å². The highest BCUT2D eigenvalue weighted by Crippen LogP contribution is 2.67. The maximum atomic E-state index is 12.6. The lowest BCUT2D eigenvalue weighted by Gasteiger charge is -2.63. The smallest absolute Gasteiger partial charge is 0.167 e. The predicted molar refractivity (Wildman–Crippen MR) is 98.0 cm³/mol. The Kier molecular flexibility index (Phi) is 4.16. The Bertz CT molecular complexity index is 553. The van der Waals surface area contributed by atoms with E-state index in [9.17, 15) is 4.79 Å². The minimum absolute atomic E-state index is 0.0123. The summed E-state index contributed by atoms with van der Waals surface area (Å²) in [7, 11) is 3.61. The van der Waals surface area contributed by atoms with Gasteiger partial charge in [-0.1, -0.05) is 20.8 Å². The van der Waals surface area contributed by atoms with E-state index in [0.29, 0.717) is 29.0 Å². The summed E-state index contributed by atoms with van der Waals surface area (Å²) in [5.74, 6) is 3.70. The lowest BCUT2D eigenvalue weighted by atomic mass is 9.43. The van der Waals surface area contributed by atoms with E-state index < -0.39 is 0 Å². The molecule has 0 radical (unpaired) electrons. The topological polar surface area (TPSA) is 35.5 Å². The van der Waals surface area contributed by atoms with Crippen LogP contribution in [0.2, 0.25) is 0 Å². The summed E-state index contributed by atoms with van der Waals surface area (Å²) in [6.45, 7) is 7.28. The van der Waals surface area contributed by atoms with Crippen LogP contribution in [0.5, 0.6) is 0 Å². The molecule has 3 heteroatoms. The van der Waals surface area contributed by atoms with E-state index in [0.717, 1.165) is 43.9 Å². The van der Waals surface area contributed by atoms with Gasteiger partial charge in [0.1, 0.15) is 5.78 Å². The second-order valence-electron chi connectivity index (χ2n) is 10.1. The zero-order valence-corrected chi connectivity index (χ0v) is 16.8. The van der Waals surface area contributed by atoms with Gasteiger partial charge in [-0.15, -0.1) is 0 Å². The number of ketones is 1. The van der Waals surface area contributed by atoms with Crippen LogP contribution in [0.1, 0.15) is 72.1 Å². The Morgan fingerprint density at radius 3 is 2.36 bits per heavy atom. The molecule has 0 bridgehead atoms. The molecule has 7 atom stereocenters. The maximum Gasteiger partial charge on any atom is 0.167 e. The SMILES string of the molecule is COC1(OC)CC[C@@]2(C)[C@H](C1)[C@@H](C)C[C@@H]1[C@@H]2CC[C@]2(C)C(=O)CC[C@@H]12. The summed E-state index contributed by atoms with van der Waals surface area (Å²) < 4.78 is 11.7. The number of carbonyl (C=O) groups excluding carboxylic acids is 1. The van der Waals surface area contributed by atoms with Crippen LogP contribution in [0.25, 0.3) is 0 Å². The van der Waals surface area contributed by atoms with Crippen molar-refractivity contribution in [2.24, 2.45) is 40.4 Å². The molecular weight excluding hydrogens is 312 g/mol. The molecule has 3 nitrogen and oxygen atoms in total. The highest BCUT2D eigenvalue weighted by Gasteiger charge is 2.63. The van der Waals surface area contributed by atoms with Crippen molar-refractivity contribution in [3.05, 3.63) is 0 Å². The molecule has 0 N–H and O–H groups in total. The van der Waals surface area contributed by atoms with Crippen LogP contribution in [0.15, 0.2) is 0 Å². The summed E-state index contributed by atoms with van der Waals surface area (Å²) in [6.07, 6.45) is 8.86. The van der Waals surface area contributed by atoms with Gasteiger partial charge in [0.15, 0.2) is 5.79 Å². The van der Waals surface area contributed by atoms with Gasteiger partial charge in [-0.25, -0.2) is 0 Å². The quantitative estimate of drug-likeness (QED) is 0.670. The summed E-state index contributed by atoms with van der Waals surface area (Å²) in [5.41, 5.74) is 0.372. The minimum atomic E-state index is -0.377. The first-order valence-corrected chi connectivity index (χ1v) is 10.4. The van der Waals surface area contributed by atoms with Crippen molar-refractivity contribution in [1.82, 2.24) is 0 Å². The Morgan fingerprint density at radius 2 is 1.68 bits per heavy atom. The van der Waals surface area contributed by atoms with E-state index in [1.807, 2.05) is 0 Å². The Labute approximate surface area is 153 Å². The van der Waals surface area contributed by atoms with Crippen LogP contribution in [0.4, 0.5) is 0 Å². The number of methoxy groups -OCH3 is 2. The number of Topliss-reactive ketones (excluding diaryl/α,β-unsaturated/α-hetero) is 1. The highest BCUT2D eigenvalue weighted by atomic mass is 16.7. The van der Waals surface area contributed by atoms with Gasteiger partial charge in [0, 0.05) is 38.9 Å². The first-order valence-electron chi connectivity index (χ1n) is 10.4. The molecule has 4 fully saturated rings. The van der Waals surface area contributed by atoms with Gasteiger partial charge in [0.25, 0.3) is 0 Å². The number of rotatable bonds is 2. The molecule has 0 spiro atoms. The lowest BCUT2D eigenvalue weighted by molar-refractivity contribution is -0.267. The molecule has 0 aromatic carbocycles. The number of carbonyl (C=O) groups is 1. The van der Waals surface area contributed by atoms with Crippen LogP contribution < -0.4 is 0 Å². The maximum absolute atomic E-state index is 12.6. The van der Waals surface area contributed by atoms with Crippen LogP contribution in [0, 0.1) is 40.4 Å². The molecule has 0 aliphatic heterocycles. The van der Waals surface area contributed by atoms with Crippen LogP contribution in [-0.4, -0.2) is 25.8 Å². The van der Waals surface area contributed by atoms with E-state index in [-0.39, 0.29) is 11.2 Å². The van der Waals surface area contributed by atoms with E-state index in [2.05, 4.69) is 20.8 Å². The minimum Gasteiger partial charge on any atom is -0.353 e. The summed E-state index contributed by atoms with van der Waals surface area (Å²) >= 11 is 0. The lowest BCUT2D eigenvalue weighted by Crippen LogP contribution is -2.58. The fourth-order valence-electron chi connectivity index (χ4n) is 7.88. The molecule has 0 aromatic rings. The van der Waals surface area contributed by atoms with Crippen molar-refractivity contribution < 1.29 is 14.3 Å². The van der Waals surface area contributed by atoms with Crippen molar-refractivity contribution in [2.45, 2.75) is 77.9 Å². The Balaban J connectivity index is 1.65. The van der Waals surface area contributed by atoms with Gasteiger partial charge in [0.05, 0.1) is 0 Å². The van der Waals surface area contributed by atoms with Gasteiger partial charge in [-0.2, -0.15) is 0 Å². The summed E-state index contributed by atoms with van der Waals surface area (Å²) in [5, 5.41) is 0. The summed E-state index contributed by atoms with van der Waals surface area (Å²) in [4.78, 5) is 12.6. The van der Waals surface area contributed by atoms with Crippen molar-refractivity contribution in [1.29, 1.82) is 0 Å². The van der Waals surface area contributed by atoms with Gasteiger partial charge < -0.3 is 9.47 Å². The van der Waals surface area contributed by atoms with E-state index in [1.165, 1.54) is 19.3 Å². The van der Waals surface area contributed by atoms with Gasteiger partial charge in [-0.05, 0) is 67.1 Å². The molecule has 25 heavy (non-hydrogen) atoms. The third kappa shape index (κ3) is 2.34. The average molecular weight is 349 g/mol. The highest BCUT2D eigenvalue weighted by molar-refractivity contribution is 5.87. The summed E-state index contributed by atoms with van der Waals surface area (Å²) in [6, 6.07) is 0. The molecule has 0 saturated heterocycles. The number of hydrogen-bond donors (Lipinski definition) is 0. The molecular formula is C22H36O3. The molecule has 0 unspecified atom stereocenters. The second-order valence-corrected chi connectivity index (χ2v) is 10.1. The molecule has 4 aliphatic rings. The monoisotopic (exact) mass is 348 g/mol. The molecule has 4 rings (SSSR count). The molecule has 0 aromatic heterocycles. The van der Waals surface area contributed by atoms with Crippen molar-refractivity contribution in [3.63, 3.8) is 0 Å². The van der Waals surface area contributed by atoms with E-state index in [1.54, 1.807) is 14.2 Å². The average Bonchev–Trinajstić information content (AvgIpc) is 2.91. The van der Waals surface area contributed by atoms with Gasteiger partial charge in [-0.3, -0.25) is 4.79 Å². The van der Waals surface area contributed by atoms with Crippen molar-refractivity contribution in [2.75, 3.05) is 14.2 Å². The number of ether oxygens (including phenoxy) is 2. The molecule has 4 saturated carbocycles. The largest absolute Gasteiger partial charge is 0.353 e. The zero-order chi connectivity index (χ0) is 18.0. The van der Waals surface area contributed by atoms with Crippen LogP contribution >= 0.6 is 0 Å². The van der Waals surface area contributed by atoms with E-state index >= 15 is 0 Å². The second kappa shape index (κ2) is 5.79. The third-order valence-electron chi connectivity index (χ3n) is 9.49. The molecule has 142 valence electrons. The third-order valence-corrected chi connectivity index (χ3v) is 9.49. The van der Waals surface area contributed by atoms with Gasteiger partial charge in [0.2, 0.25) is 0 Å². The first-order chi connectivity index (χ1) is 11.8. The van der Waals surface area contributed by atoms with Crippen molar-refractivity contribution >= 4 is 5.78 Å². The fourth-order valence-corrected chi connectivity index (χ4v) is 7.88. The van der Waals surface area contributed by atoms with Crippen LogP contribution in [-0.2, 0) is 14.3 Å². The fraction of sp³-hybridized carbons (Fsp3) is 0.955. The number of hydrogen-bond acceptors (Lipinski definition) is 3. The van der Waals surface area contributed by atoms with Crippen molar-refractivity contribution in [3.8, 4) is 0 Å². The molecule has 4 aliphatic carbocycles. The Morgan fingerprint density at radius 1 is 0.960 bits per heavy atom. The number of fused-ring (bicyclic) bond motifs is 5. The molecule has 0 heterocycles. The predicted octanol–water partition coefficient (Wildman–Crippen LogP) is 4.83. The zero-order valence-electron chi connectivity index (χ0n) is 16.8.